The van der Waals surface area contributed by atoms with Crippen molar-refractivity contribution in [2.45, 2.75) is 130 Å². The van der Waals surface area contributed by atoms with E-state index >= 15 is 0 Å². The van der Waals surface area contributed by atoms with Crippen molar-refractivity contribution in [1.82, 2.24) is 5.32 Å². The molecule has 1 unspecified atom stereocenters. The van der Waals surface area contributed by atoms with Crippen molar-refractivity contribution in [3.63, 3.8) is 0 Å². The third kappa shape index (κ3) is 12.5. The molecule has 0 amide bonds. The lowest BCUT2D eigenvalue weighted by Crippen LogP contribution is -2.35. The third-order valence-corrected chi connectivity index (χ3v) is 8.32. The van der Waals surface area contributed by atoms with E-state index in [1.165, 1.54) is 84.8 Å². The highest BCUT2D eigenvalue weighted by Gasteiger charge is 2.41. The number of esters is 2. The topological polar surface area (TPSA) is 109 Å². The summed E-state index contributed by atoms with van der Waals surface area (Å²) in [6, 6.07) is 5.98. The zero-order valence-electron chi connectivity index (χ0n) is 28.9. The van der Waals surface area contributed by atoms with E-state index in [-0.39, 0.29) is 12.7 Å². The molecule has 0 saturated carbocycles. The van der Waals surface area contributed by atoms with Gasteiger partial charge in [-0.15, -0.1) is 0 Å². The van der Waals surface area contributed by atoms with Crippen molar-refractivity contribution in [2.75, 3.05) is 34.0 Å². The molecule has 0 spiro atoms. The second kappa shape index (κ2) is 21.8. The maximum Gasteiger partial charge on any atom is 0.336 e. The van der Waals surface area contributed by atoms with Gasteiger partial charge in [0.1, 0.15) is 5.75 Å². The summed E-state index contributed by atoms with van der Waals surface area (Å²) in [4.78, 5) is 26.8. The first kappa shape index (κ1) is 38.3. The average molecular weight is 629 g/mol. The van der Waals surface area contributed by atoms with Crippen LogP contribution in [0.4, 0.5) is 0 Å². The van der Waals surface area contributed by atoms with Gasteiger partial charge in [-0.25, -0.2) is 9.59 Å². The standard InChI is InChI=1S/C37H60N2O6/c1-7-8-9-10-11-12-13-14-15-16-17-18-19-21-29-22-20-23-31(45-27(2)3)33(29)35-32(36(40)42-5)28(4)39-30(26-44-25-24-38)34(35)37(41)43-6/h20,22-23,27,35,39H,7-19,21,24-26,38H2,1-6H3. The van der Waals surface area contributed by atoms with Gasteiger partial charge >= 0.3 is 11.9 Å². The van der Waals surface area contributed by atoms with Gasteiger partial charge in [-0.1, -0.05) is 96.1 Å². The second-order valence-electron chi connectivity index (χ2n) is 12.3. The molecule has 0 radical (unpaired) electrons. The van der Waals surface area contributed by atoms with Crippen LogP contribution in [0.15, 0.2) is 40.7 Å². The summed E-state index contributed by atoms with van der Waals surface area (Å²) < 4.78 is 22.6. The van der Waals surface area contributed by atoms with Gasteiger partial charge in [-0.05, 0) is 45.2 Å². The molecule has 1 aromatic carbocycles. The smallest absolute Gasteiger partial charge is 0.336 e. The predicted octanol–water partition coefficient (Wildman–Crippen LogP) is 7.64. The minimum absolute atomic E-state index is 0.110. The highest BCUT2D eigenvalue weighted by Crippen LogP contribution is 2.45. The first-order valence-electron chi connectivity index (χ1n) is 17.2. The number of dihydropyridines is 1. The molecule has 3 N–H and O–H groups in total. The molecule has 1 aliphatic rings. The van der Waals surface area contributed by atoms with Crippen LogP contribution in [0.3, 0.4) is 0 Å². The van der Waals surface area contributed by atoms with Crippen molar-refractivity contribution in [3.05, 3.63) is 51.9 Å². The van der Waals surface area contributed by atoms with E-state index in [1.807, 2.05) is 32.9 Å². The molecular formula is C37H60N2O6. The van der Waals surface area contributed by atoms with Gasteiger partial charge < -0.3 is 30.0 Å². The molecule has 0 saturated heterocycles. The SMILES string of the molecule is CCCCCCCCCCCCCCCc1cccc(OC(C)C)c1C1C(C(=O)OC)=C(C)NC(COCCN)=C1C(=O)OC. The summed E-state index contributed by atoms with van der Waals surface area (Å²) >= 11 is 0. The predicted molar refractivity (Wildman–Crippen MR) is 181 cm³/mol. The Balaban J connectivity index is 2.29. The Labute approximate surface area is 272 Å². The second-order valence-corrected chi connectivity index (χ2v) is 12.3. The molecule has 0 fully saturated rings. The molecule has 1 aromatic rings. The number of ether oxygens (including phenoxy) is 4. The van der Waals surface area contributed by atoms with E-state index in [9.17, 15) is 9.59 Å². The van der Waals surface area contributed by atoms with E-state index in [0.29, 0.717) is 41.4 Å². The van der Waals surface area contributed by atoms with Crippen molar-refractivity contribution in [1.29, 1.82) is 0 Å². The lowest BCUT2D eigenvalue weighted by atomic mass is 9.77. The molecule has 1 aliphatic heterocycles. The lowest BCUT2D eigenvalue weighted by Gasteiger charge is -2.33. The van der Waals surface area contributed by atoms with E-state index in [0.717, 1.165) is 30.4 Å². The summed E-state index contributed by atoms with van der Waals surface area (Å²) in [6.07, 6.45) is 17.4. The van der Waals surface area contributed by atoms with Gasteiger partial charge in [0.25, 0.3) is 0 Å². The zero-order valence-corrected chi connectivity index (χ0v) is 28.9. The van der Waals surface area contributed by atoms with Crippen LogP contribution in [0.5, 0.6) is 5.75 Å². The Bertz CT molecular complexity index is 1110. The fourth-order valence-electron chi connectivity index (χ4n) is 6.11. The molecule has 45 heavy (non-hydrogen) atoms. The van der Waals surface area contributed by atoms with Gasteiger partial charge in [0, 0.05) is 17.8 Å². The Morgan fingerprint density at radius 3 is 1.93 bits per heavy atom. The summed E-state index contributed by atoms with van der Waals surface area (Å²) in [5.41, 5.74) is 9.29. The normalized spacial score (nSPS) is 15.0. The van der Waals surface area contributed by atoms with Gasteiger partial charge in [0.05, 0.1) is 56.3 Å². The molecule has 1 heterocycles. The Kier molecular flexibility index (Phi) is 18.6. The minimum Gasteiger partial charge on any atom is -0.491 e. The van der Waals surface area contributed by atoms with E-state index in [1.54, 1.807) is 0 Å². The van der Waals surface area contributed by atoms with Crippen LogP contribution in [0.2, 0.25) is 0 Å². The van der Waals surface area contributed by atoms with Crippen molar-refractivity contribution in [3.8, 4) is 5.75 Å². The fourth-order valence-corrected chi connectivity index (χ4v) is 6.11. The summed E-state index contributed by atoms with van der Waals surface area (Å²) in [7, 11) is 2.70. The van der Waals surface area contributed by atoms with Gasteiger partial charge in [-0.2, -0.15) is 0 Å². The number of hydrogen-bond acceptors (Lipinski definition) is 8. The van der Waals surface area contributed by atoms with E-state index in [4.69, 9.17) is 24.7 Å². The maximum atomic E-state index is 13.5. The van der Waals surface area contributed by atoms with Crippen molar-refractivity contribution >= 4 is 11.9 Å². The van der Waals surface area contributed by atoms with Gasteiger partial charge in [0.2, 0.25) is 0 Å². The van der Waals surface area contributed by atoms with Crippen LogP contribution < -0.4 is 15.8 Å². The summed E-state index contributed by atoms with van der Waals surface area (Å²) in [5, 5.41) is 3.23. The highest BCUT2D eigenvalue weighted by molar-refractivity contribution is 6.00. The number of benzene rings is 1. The van der Waals surface area contributed by atoms with E-state index < -0.39 is 17.9 Å². The van der Waals surface area contributed by atoms with Crippen molar-refractivity contribution < 1.29 is 28.5 Å². The third-order valence-electron chi connectivity index (χ3n) is 8.32. The van der Waals surface area contributed by atoms with Crippen LogP contribution in [-0.2, 0) is 30.2 Å². The number of rotatable bonds is 23. The molecule has 0 bridgehead atoms. The molecule has 2 rings (SSSR count). The van der Waals surface area contributed by atoms with Gasteiger partial charge in [0.15, 0.2) is 0 Å². The molecule has 1 atom stereocenters. The van der Waals surface area contributed by atoms with Crippen LogP contribution in [-0.4, -0.2) is 52.0 Å². The van der Waals surface area contributed by atoms with Crippen LogP contribution in [0.25, 0.3) is 0 Å². The number of carbonyl (C=O) groups excluding carboxylic acids is 2. The number of allylic oxidation sites excluding steroid dienone is 1. The Morgan fingerprint density at radius 2 is 1.40 bits per heavy atom. The molecule has 254 valence electrons. The average Bonchev–Trinajstić information content (AvgIpc) is 3.02. The van der Waals surface area contributed by atoms with Crippen LogP contribution in [0.1, 0.15) is 128 Å². The fraction of sp³-hybridized carbons (Fsp3) is 0.676. The quantitative estimate of drug-likeness (QED) is 0.0940. The van der Waals surface area contributed by atoms with E-state index in [2.05, 4.69) is 18.3 Å². The van der Waals surface area contributed by atoms with Gasteiger partial charge in [-0.3, -0.25) is 0 Å². The largest absolute Gasteiger partial charge is 0.491 e. The number of nitrogens with one attached hydrogen (secondary N) is 1. The lowest BCUT2D eigenvalue weighted by molar-refractivity contribution is -0.137. The maximum absolute atomic E-state index is 13.5. The molecule has 8 heteroatoms. The first-order chi connectivity index (χ1) is 21.8. The highest BCUT2D eigenvalue weighted by atomic mass is 16.5. The summed E-state index contributed by atoms with van der Waals surface area (Å²) in [6.45, 7) is 8.81. The Morgan fingerprint density at radius 1 is 0.844 bits per heavy atom. The number of methoxy groups -OCH3 is 2. The molecule has 0 aliphatic carbocycles. The first-order valence-corrected chi connectivity index (χ1v) is 17.2. The monoisotopic (exact) mass is 628 g/mol. The number of hydrogen-bond donors (Lipinski definition) is 2. The number of aryl methyl sites for hydroxylation is 1. The van der Waals surface area contributed by atoms with Crippen LogP contribution >= 0.6 is 0 Å². The Hall–Kier alpha value is -2.84. The molecular weight excluding hydrogens is 568 g/mol. The zero-order chi connectivity index (χ0) is 33.0. The number of unbranched alkanes of at least 4 members (excludes halogenated alkanes) is 12. The summed E-state index contributed by atoms with van der Waals surface area (Å²) in [5.74, 6) is -1.17. The number of carbonyl (C=O) groups is 2. The number of nitrogens with two attached hydrogens (primary N) is 1. The minimum atomic E-state index is -0.755. The molecule has 8 nitrogen and oxygen atoms in total. The molecule has 0 aromatic heterocycles. The van der Waals surface area contributed by atoms with Crippen molar-refractivity contribution in [2.24, 2.45) is 5.73 Å². The van der Waals surface area contributed by atoms with Crippen LogP contribution in [0, 0.1) is 0 Å².